The summed E-state index contributed by atoms with van der Waals surface area (Å²) in [6, 6.07) is 0.680. The Bertz CT molecular complexity index is 128. The molecule has 2 unspecified atom stereocenters. The summed E-state index contributed by atoms with van der Waals surface area (Å²) in [6.45, 7) is 4.40. The molecule has 0 heterocycles. The lowest BCUT2D eigenvalue weighted by Gasteiger charge is -2.18. The first kappa shape index (κ1) is 14.9. The van der Waals surface area contributed by atoms with Gasteiger partial charge in [-0.25, -0.2) is 0 Å². The summed E-state index contributed by atoms with van der Waals surface area (Å²) < 4.78 is 5.26. The van der Waals surface area contributed by atoms with E-state index in [1.807, 2.05) is 0 Å². The largest absolute Gasteiger partial charge is 0.382 e. The highest BCUT2D eigenvalue weighted by molar-refractivity contribution is 4.66. The van der Waals surface area contributed by atoms with E-state index in [0.717, 1.165) is 6.42 Å². The first-order chi connectivity index (χ1) is 7.24. The summed E-state index contributed by atoms with van der Waals surface area (Å²) in [5.74, 6) is 0. The molecule has 15 heavy (non-hydrogen) atoms. The molecule has 2 nitrogen and oxygen atoms in total. The highest BCUT2D eigenvalue weighted by atomic mass is 16.5. The number of methoxy groups -OCH3 is 1. The van der Waals surface area contributed by atoms with Gasteiger partial charge in [-0.2, -0.15) is 0 Å². The van der Waals surface area contributed by atoms with Gasteiger partial charge >= 0.3 is 0 Å². The molecule has 0 radical (unpaired) electrons. The van der Waals surface area contributed by atoms with Gasteiger partial charge in [0.1, 0.15) is 0 Å². The number of hydrogen-bond acceptors (Lipinski definition) is 2. The fourth-order valence-electron chi connectivity index (χ4n) is 1.80. The van der Waals surface area contributed by atoms with Gasteiger partial charge in [-0.1, -0.05) is 32.6 Å². The molecule has 0 aliphatic heterocycles. The molecule has 2 heteroatoms. The molecule has 0 aromatic carbocycles. The summed E-state index contributed by atoms with van der Waals surface area (Å²) >= 11 is 0. The van der Waals surface area contributed by atoms with Gasteiger partial charge in [0.15, 0.2) is 0 Å². The van der Waals surface area contributed by atoms with Crippen molar-refractivity contribution in [3.8, 4) is 0 Å². The van der Waals surface area contributed by atoms with E-state index in [9.17, 15) is 0 Å². The van der Waals surface area contributed by atoms with E-state index in [1.54, 1.807) is 7.11 Å². The van der Waals surface area contributed by atoms with Crippen molar-refractivity contribution in [3.63, 3.8) is 0 Å². The molecule has 1 N–H and O–H groups in total. The summed E-state index contributed by atoms with van der Waals surface area (Å²) in [7, 11) is 3.86. The molecule has 0 fully saturated rings. The minimum atomic E-state index is 0.400. The molecular formula is C13H29NO. The van der Waals surface area contributed by atoms with E-state index in [4.69, 9.17) is 4.74 Å². The number of rotatable bonds is 10. The van der Waals surface area contributed by atoms with Crippen LogP contribution < -0.4 is 5.32 Å². The molecule has 0 spiro atoms. The van der Waals surface area contributed by atoms with Crippen LogP contribution in [0, 0.1) is 0 Å². The van der Waals surface area contributed by atoms with Gasteiger partial charge in [0.05, 0.1) is 6.10 Å². The Kier molecular flexibility index (Phi) is 10.4. The zero-order valence-electron chi connectivity index (χ0n) is 11.0. The second-order valence-corrected chi connectivity index (χ2v) is 4.46. The maximum Gasteiger partial charge on any atom is 0.0543 e. The van der Waals surface area contributed by atoms with Crippen molar-refractivity contribution in [1.29, 1.82) is 0 Å². The zero-order chi connectivity index (χ0) is 11.5. The first-order valence-corrected chi connectivity index (χ1v) is 6.44. The van der Waals surface area contributed by atoms with Crippen molar-refractivity contribution in [2.45, 2.75) is 70.9 Å². The molecule has 0 aromatic rings. The topological polar surface area (TPSA) is 21.3 Å². The van der Waals surface area contributed by atoms with Gasteiger partial charge in [-0.15, -0.1) is 0 Å². The molecule has 2 atom stereocenters. The molecule has 0 rings (SSSR count). The summed E-state index contributed by atoms with van der Waals surface area (Å²) in [6.07, 6.45) is 9.56. The first-order valence-electron chi connectivity index (χ1n) is 6.44. The predicted molar refractivity (Wildman–Crippen MR) is 67.3 cm³/mol. The predicted octanol–water partition coefficient (Wildman–Crippen LogP) is 3.36. The third kappa shape index (κ3) is 8.88. The molecular weight excluding hydrogens is 186 g/mol. The standard InChI is InChI=1S/C13H29NO/c1-5-6-7-8-9-13(14-3)11-10-12(2)15-4/h12-14H,5-11H2,1-4H3. The third-order valence-corrected chi connectivity index (χ3v) is 3.14. The average Bonchev–Trinajstić information content (AvgIpc) is 2.27. The van der Waals surface area contributed by atoms with E-state index in [-0.39, 0.29) is 0 Å². The number of nitrogens with one attached hydrogen (secondary N) is 1. The van der Waals surface area contributed by atoms with Crippen molar-refractivity contribution in [2.24, 2.45) is 0 Å². The maximum absolute atomic E-state index is 5.26. The van der Waals surface area contributed by atoms with E-state index in [0.29, 0.717) is 12.1 Å². The quantitative estimate of drug-likeness (QED) is 0.564. The summed E-state index contributed by atoms with van der Waals surface area (Å²) in [4.78, 5) is 0. The smallest absolute Gasteiger partial charge is 0.0543 e. The van der Waals surface area contributed by atoms with E-state index in [1.165, 1.54) is 38.5 Å². The molecule has 0 aliphatic rings. The van der Waals surface area contributed by atoms with Crippen LogP contribution in [-0.4, -0.2) is 26.3 Å². The van der Waals surface area contributed by atoms with Crippen LogP contribution in [0.2, 0.25) is 0 Å². The Morgan fingerprint density at radius 1 is 1.07 bits per heavy atom. The second-order valence-electron chi connectivity index (χ2n) is 4.46. The van der Waals surface area contributed by atoms with E-state index in [2.05, 4.69) is 26.2 Å². The molecule has 0 aromatic heterocycles. The summed E-state index contributed by atoms with van der Waals surface area (Å²) in [5, 5.41) is 3.40. The third-order valence-electron chi connectivity index (χ3n) is 3.14. The van der Waals surface area contributed by atoms with Gasteiger partial charge in [-0.05, 0) is 33.2 Å². The number of ether oxygens (including phenoxy) is 1. The van der Waals surface area contributed by atoms with Gasteiger partial charge < -0.3 is 10.1 Å². The number of hydrogen-bond donors (Lipinski definition) is 1. The van der Waals surface area contributed by atoms with Crippen LogP contribution in [0.1, 0.15) is 58.8 Å². The van der Waals surface area contributed by atoms with Crippen LogP contribution in [0.25, 0.3) is 0 Å². The molecule has 0 saturated carbocycles. The van der Waals surface area contributed by atoms with Crippen LogP contribution >= 0.6 is 0 Å². The van der Waals surface area contributed by atoms with Crippen molar-refractivity contribution in [1.82, 2.24) is 5.32 Å². The lowest BCUT2D eigenvalue weighted by molar-refractivity contribution is 0.106. The lowest BCUT2D eigenvalue weighted by Crippen LogP contribution is -2.26. The minimum absolute atomic E-state index is 0.400. The van der Waals surface area contributed by atoms with Gasteiger partial charge in [0.2, 0.25) is 0 Å². The fourth-order valence-corrected chi connectivity index (χ4v) is 1.80. The molecule has 0 bridgehead atoms. The maximum atomic E-state index is 5.26. The van der Waals surface area contributed by atoms with Gasteiger partial charge in [0, 0.05) is 13.2 Å². The Morgan fingerprint density at radius 3 is 2.33 bits per heavy atom. The van der Waals surface area contributed by atoms with Crippen molar-refractivity contribution in [3.05, 3.63) is 0 Å². The van der Waals surface area contributed by atoms with E-state index >= 15 is 0 Å². The van der Waals surface area contributed by atoms with Crippen LogP contribution in [0.4, 0.5) is 0 Å². The van der Waals surface area contributed by atoms with Crippen molar-refractivity contribution in [2.75, 3.05) is 14.2 Å². The normalized spacial score (nSPS) is 15.2. The van der Waals surface area contributed by atoms with Gasteiger partial charge in [-0.3, -0.25) is 0 Å². The fraction of sp³-hybridized carbons (Fsp3) is 1.00. The molecule has 0 saturated heterocycles. The zero-order valence-corrected chi connectivity index (χ0v) is 11.0. The Hall–Kier alpha value is -0.0800. The van der Waals surface area contributed by atoms with Crippen LogP contribution in [0.5, 0.6) is 0 Å². The Balaban J connectivity index is 3.46. The molecule has 0 aliphatic carbocycles. The number of unbranched alkanes of at least 4 members (excludes halogenated alkanes) is 3. The van der Waals surface area contributed by atoms with Crippen LogP contribution in [0.15, 0.2) is 0 Å². The lowest BCUT2D eigenvalue weighted by atomic mass is 10.0. The minimum Gasteiger partial charge on any atom is -0.382 e. The molecule has 0 amide bonds. The monoisotopic (exact) mass is 215 g/mol. The average molecular weight is 215 g/mol. The summed E-state index contributed by atoms with van der Waals surface area (Å²) in [5.41, 5.74) is 0. The van der Waals surface area contributed by atoms with Crippen LogP contribution in [-0.2, 0) is 4.74 Å². The second kappa shape index (κ2) is 10.4. The van der Waals surface area contributed by atoms with Crippen LogP contribution in [0.3, 0.4) is 0 Å². The van der Waals surface area contributed by atoms with Gasteiger partial charge in [0.25, 0.3) is 0 Å². The highest BCUT2D eigenvalue weighted by Crippen LogP contribution is 2.11. The molecule has 92 valence electrons. The van der Waals surface area contributed by atoms with Crippen molar-refractivity contribution >= 4 is 0 Å². The Morgan fingerprint density at radius 2 is 1.80 bits per heavy atom. The highest BCUT2D eigenvalue weighted by Gasteiger charge is 2.08. The van der Waals surface area contributed by atoms with E-state index < -0.39 is 0 Å². The van der Waals surface area contributed by atoms with Crippen molar-refractivity contribution < 1.29 is 4.74 Å². The SMILES string of the molecule is CCCCCCC(CCC(C)OC)NC. The Labute approximate surface area is 95.8 Å².